The minimum Gasteiger partial charge on any atom is -0.301 e. The normalized spacial score (nSPS) is 11.2. The van der Waals surface area contributed by atoms with Crippen molar-refractivity contribution < 1.29 is 4.79 Å². The lowest BCUT2D eigenvalue weighted by atomic mass is 10.2. The zero-order chi connectivity index (χ0) is 10.3. The van der Waals surface area contributed by atoms with Gasteiger partial charge in [0.15, 0.2) is 0 Å². The van der Waals surface area contributed by atoms with Gasteiger partial charge in [-0.25, -0.2) is 0 Å². The topological polar surface area (TPSA) is 20.3 Å². The second-order valence-corrected chi connectivity index (χ2v) is 3.94. The highest BCUT2D eigenvalue weighted by molar-refractivity contribution is 5.75. The van der Waals surface area contributed by atoms with Gasteiger partial charge in [0.25, 0.3) is 0 Å². The summed E-state index contributed by atoms with van der Waals surface area (Å²) in [6.45, 7) is 10.5. The Morgan fingerprint density at radius 1 is 1.31 bits per heavy atom. The second-order valence-electron chi connectivity index (χ2n) is 3.94. The van der Waals surface area contributed by atoms with E-state index in [-0.39, 0.29) is 0 Å². The van der Waals surface area contributed by atoms with E-state index in [1.807, 2.05) is 0 Å². The summed E-state index contributed by atoms with van der Waals surface area (Å²) in [6, 6.07) is 0.604. The molecule has 0 aromatic carbocycles. The van der Waals surface area contributed by atoms with Gasteiger partial charge in [0.05, 0.1) is 0 Å². The Morgan fingerprint density at radius 2 is 1.92 bits per heavy atom. The van der Waals surface area contributed by atoms with Crippen molar-refractivity contribution in [1.82, 2.24) is 4.90 Å². The third-order valence-electron chi connectivity index (χ3n) is 2.22. The van der Waals surface area contributed by atoms with Crippen LogP contribution in [0.4, 0.5) is 0 Å². The fourth-order valence-corrected chi connectivity index (χ4v) is 1.45. The van der Waals surface area contributed by atoms with Crippen molar-refractivity contribution in [2.45, 2.75) is 53.0 Å². The van der Waals surface area contributed by atoms with Gasteiger partial charge >= 0.3 is 0 Å². The molecule has 0 amide bonds. The van der Waals surface area contributed by atoms with Crippen LogP contribution in [0, 0.1) is 0 Å². The van der Waals surface area contributed by atoms with Crippen molar-refractivity contribution in [1.29, 1.82) is 0 Å². The summed E-state index contributed by atoms with van der Waals surface area (Å²) in [4.78, 5) is 13.2. The van der Waals surface area contributed by atoms with Gasteiger partial charge in [0, 0.05) is 12.5 Å². The molecule has 0 radical (unpaired) electrons. The van der Waals surface area contributed by atoms with Crippen LogP contribution in [-0.2, 0) is 4.79 Å². The summed E-state index contributed by atoms with van der Waals surface area (Å²) in [7, 11) is 0. The fourth-order valence-electron chi connectivity index (χ4n) is 1.45. The van der Waals surface area contributed by atoms with Gasteiger partial charge < -0.3 is 9.69 Å². The van der Waals surface area contributed by atoms with Gasteiger partial charge in [-0.05, 0) is 46.7 Å². The van der Waals surface area contributed by atoms with Gasteiger partial charge in [-0.3, -0.25) is 0 Å². The molecule has 0 aliphatic heterocycles. The number of hydrogen-bond donors (Lipinski definition) is 0. The first kappa shape index (κ1) is 12.6. The monoisotopic (exact) mass is 185 g/mol. The summed E-state index contributed by atoms with van der Waals surface area (Å²) in [5.41, 5.74) is 0. The Balaban J connectivity index is 3.62. The molecule has 0 N–H and O–H groups in total. The predicted octanol–water partition coefficient (Wildman–Crippen LogP) is 2.48. The molecule has 0 atom stereocenters. The van der Waals surface area contributed by atoms with Crippen LogP contribution in [0.5, 0.6) is 0 Å². The maximum absolute atomic E-state index is 10.7. The number of carbonyl (C=O) groups is 1. The first-order valence-corrected chi connectivity index (χ1v) is 5.31. The summed E-state index contributed by atoms with van der Waals surface area (Å²) in [5.74, 6) is 0.306. The standard InChI is InChI=1S/C11H23NO/c1-5-8-12(10(2)3)9-6-7-11(4)13/h10H,5-9H2,1-4H3. The Kier molecular flexibility index (Phi) is 6.87. The molecule has 2 heteroatoms. The van der Waals surface area contributed by atoms with Crippen LogP contribution in [0.1, 0.15) is 47.0 Å². The number of nitrogens with zero attached hydrogens (tertiary/aromatic N) is 1. The molecule has 0 fully saturated rings. The minimum atomic E-state index is 0.306. The largest absolute Gasteiger partial charge is 0.301 e. The number of carbonyl (C=O) groups excluding carboxylic acids is 1. The fraction of sp³-hybridized carbons (Fsp3) is 0.909. The van der Waals surface area contributed by atoms with E-state index in [0.717, 1.165) is 25.9 Å². The second kappa shape index (κ2) is 7.07. The minimum absolute atomic E-state index is 0.306. The van der Waals surface area contributed by atoms with Crippen LogP contribution < -0.4 is 0 Å². The third kappa shape index (κ3) is 6.76. The highest BCUT2D eigenvalue weighted by atomic mass is 16.1. The molecule has 0 saturated heterocycles. The lowest BCUT2D eigenvalue weighted by Crippen LogP contribution is -2.32. The SMILES string of the molecule is CCCN(CCCC(C)=O)C(C)C. The molecule has 0 bridgehead atoms. The number of ketones is 1. The number of hydrogen-bond acceptors (Lipinski definition) is 2. The van der Waals surface area contributed by atoms with E-state index in [9.17, 15) is 4.79 Å². The van der Waals surface area contributed by atoms with Crippen molar-refractivity contribution in [3.63, 3.8) is 0 Å². The van der Waals surface area contributed by atoms with E-state index in [1.54, 1.807) is 6.92 Å². The van der Waals surface area contributed by atoms with E-state index in [1.165, 1.54) is 6.42 Å². The van der Waals surface area contributed by atoms with Gasteiger partial charge in [0.2, 0.25) is 0 Å². The zero-order valence-electron chi connectivity index (χ0n) is 9.47. The van der Waals surface area contributed by atoms with Gasteiger partial charge in [-0.15, -0.1) is 0 Å². The Bertz CT molecular complexity index is 143. The van der Waals surface area contributed by atoms with Crippen molar-refractivity contribution in [2.75, 3.05) is 13.1 Å². The summed E-state index contributed by atoms with van der Waals surface area (Å²) in [5, 5.41) is 0. The number of rotatable bonds is 7. The van der Waals surface area contributed by atoms with Crippen LogP contribution in [0.3, 0.4) is 0 Å². The van der Waals surface area contributed by atoms with E-state index >= 15 is 0 Å². The van der Waals surface area contributed by atoms with Crippen molar-refractivity contribution in [3.8, 4) is 0 Å². The van der Waals surface area contributed by atoms with Gasteiger partial charge in [0.1, 0.15) is 5.78 Å². The van der Waals surface area contributed by atoms with Crippen LogP contribution in [-0.4, -0.2) is 29.8 Å². The molecule has 13 heavy (non-hydrogen) atoms. The smallest absolute Gasteiger partial charge is 0.129 e. The van der Waals surface area contributed by atoms with Crippen LogP contribution in [0.2, 0.25) is 0 Å². The van der Waals surface area contributed by atoms with E-state index in [0.29, 0.717) is 11.8 Å². The molecule has 0 aliphatic rings. The lowest BCUT2D eigenvalue weighted by Gasteiger charge is -2.25. The molecule has 0 unspecified atom stereocenters. The molecular formula is C11H23NO. The molecular weight excluding hydrogens is 162 g/mol. The molecule has 2 nitrogen and oxygen atoms in total. The molecule has 0 aromatic heterocycles. The van der Waals surface area contributed by atoms with Crippen LogP contribution >= 0.6 is 0 Å². The van der Waals surface area contributed by atoms with Crippen LogP contribution in [0.25, 0.3) is 0 Å². The third-order valence-corrected chi connectivity index (χ3v) is 2.22. The highest BCUT2D eigenvalue weighted by Gasteiger charge is 2.07. The van der Waals surface area contributed by atoms with Crippen LogP contribution in [0.15, 0.2) is 0 Å². The summed E-state index contributed by atoms with van der Waals surface area (Å²) in [6.07, 6.45) is 2.93. The molecule has 0 spiro atoms. The maximum Gasteiger partial charge on any atom is 0.129 e. The van der Waals surface area contributed by atoms with Gasteiger partial charge in [-0.1, -0.05) is 6.92 Å². The Labute approximate surface area is 82.3 Å². The first-order valence-electron chi connectivity index (χ1n) is 5.31. The molecule has 0 aliphatic carbocycles. The molecule has 78 valence electrons. The first-order chi connectivity index (χ1) is 6.07. The predicted molar refractivity (Wildman–Crippen MR) is 56.9 cm³/mol. The Morgan fingerprint density at radius 3 is 2.31 bits per heavy atom. The van der Waals surface area contributed by atoms with Crippen molar-refractivity contribution in [3.05, 3.63) is 0 Å². The van der Waals surface area contributed by atoms with E-state index < -0.39 is 0 Å². The average Bonchev–Trinajstić information content (AvgIpc) is 2.02. The summed E-state index contributed by atoms with van der Waals surface area (Å²) >= 11 is 0. The van der Waals surface area contributed by atoms with E-state index in [2.05, 4.69) is 25.7 Å². The Hall–Kier alpha value is -0.370. The highest BCUT2D eigenvalue weighted by Crippen LogP contribution is 2.02. The lowest BCUT2D eigenvalue weighted by molar-refractivity contribution is -0.117. The molecule has 0 rings (SSSR count). The van der Waals surface area contributed by atoms with Crippen molar-refractivity contribution >= 4 is 5.78 Å². The zero-order valence-corrected chi connectivity index (χ0v) is 9.47. The molecule has 0 saturated carbocycles. The van der Waals surface area contributed by atoms with Gasteiger partial charge in [-0.2, -0.15) is 0 Å². The quantitative estimate of drug-likeness (QED) is 0.607. The maximum atomic E-state index is 10.7. The molecule has 0 heterocycles. The van der Waals surface area contributed by atoms with Crippen molar-refractivity contribution in [2.24, 2.45) is 0 Å². The van der Waals surface area contributed by atoms with E-state index in [4.69, 9.17) is 0 Å². The molecule has 0 aromatic rings. The average molecular weight is 185 g/mol. The summed E-state index contributed by atoms with van der Waals surface area (Å²) < 4.78 is 0. The number of Topliss-reactive ketones (excluding diaryl/α,β-unsaturated/α-hetero) is 1.